The number of hydrazone groups is 1. The van der Waals surface area contributed by atoms with Gasteiger partial charge in [-0.1, -0.05) is 47.0 Å². The molecule has 0 aliphatic heterocycles. The van der Waals surface area contributed by atoms with E-state index in [0.29, 0.717) is 21.6 Å². The van der Waals surface area contributed by atoms with Gasteiger partial charge in [0.1, 0.15) is 11.5 Å². The second-order valence-corrected chi connectivity index (χ2v) is 7.05. The highest BCUT2D eigenvalue weighted by Gasteiger charge is 2.07. The summed E-state index contributed by atoms with van der Waals surface area (Å²) in [6, 6.07) is 14.8. The summed E-state index contributed by atoms with van der Waals surface area (Å²) in [7, 11) is 0. The molecule has 1 amide bonds. The molecule has 1 heterocycles. The summed E-state index contributed by atoms with van der Waals surface area (Å²) in [5.41, 5.74) is 6.57. The SMILES string of the molecule is Cc1ccc(CC(=O)N/N=C\c2ccc(-c3ccc(Cl)c(Cl)c3)o2)c(C)c1. The van der Waals surface area contributed by atoms with Gasteiger partial charge in [0.05, 0.1) is 22.7 Å². The van der Waals surface area contributed by atoms with E-state index >= 15 is 0 Å². The maximum atomic E-state index is 12.1. The summed E-state index contributed by atoms with van der Waals surface area (Å²) in [5, 5.41) is 4.90. The largest absolute Gasteiger partial charge is 0.455 e. The van der Waals surface area contributed by atoms with Gasteiger partial charge in [0.15, 0.2) is 0 Å². The van der Waals surface area contributed by atoms with Crippen molar-refractivity contribution in [3.63, 3.8) is 0 Å². The van der Waals surface area contributed by atoms with E-state index in [2.05, 4.69) is 16.6 Å². The molecule has 0 bridgehead atoms. The Balaban J connectivity index is 1.60. The summed E-state index contributed by atoms with van der Waals surface area (Å²) in [4.78, 5) is 12.1. The molecule has 6 heteroatoms. The number of carbonyl (C=O) groups is 1. The minimum absolute atomic E-state index is 0.186. The van der Waals surface area contributed by atoms with Crippen molar-refractivity contribution >= 4 is 35.3 Å². The number of aryl methyl sites for hydroxylation is 2. The van der Waals surface area contributed by atoms with Gasteiger partial charge in [-0.05, 0) is 55.3 Å². The van der Waals surface area contributed by atoms with Crippen LogP contribution in [0.25, 0.3) is 11.3 Å². The maximum absolute atomic E-state index is 12.1. The van der Waals surface area contributed by atoms with Crippen molar-refractivity contribution in [2.45, 2.75) is 20.3 Å². The molecule has 0 aliphatic rings. The van der Waals surface area contributed by atoms with Crippen molar-refractivity contribution in [3.8, 4) is 11.3 Å². The lowest BCUT2D eigenvalue weighted by molar-refractivity contribution is -0.120. The van der Waals surface area contributed by atoms with Crippen LogP contribution in [-0.4, -0.2) is 12.1 Å². The normalized spacial score (nSPS) is 11.1. The first kappa shape index (κ1) is 19.2. The first-order valence-electron chi connectivity index (χ1n) is 8.35. The summed E-state index contributed by atoms with van der Waals surface area (Å²) in [5.74, 6) is 0.967. The highest BCUT2D eigenvalue weighted by atomic mass is 35.5. The summed E-state index contributed by atoms with van der Waals surface area (Å²) >= 11 is 12.0. The number of nitrogens with zero attached hydrogens (tertiary/aromatic N) is 1. The number of benzene rings is 2. The number of nitrogens with one attached hydrogen (secondary N) is 1. The highest BCUT2D eigenvalue weighted by Crippen LogP contribution is 2.29. The van der Waals surface area contributed by atoms with Gasteiger partial charge >= 0.3 is 0 Å². The third-order valence-electron chi connectivity index (χ3n) is 4.06. The van der Waals surface area contributed by atoms with Gasteiger partial charge in [0, 0.05) is 5.56 Å². The molecule has 0 spiro atoms. The van der Waals surface area contributed by atoms with Crippen molar-refractivity contribution < 1.29 is 9.21 Å². The van der Waals surface area contributed by atoms with E-state index in [1.807, 2.05) is 32.0 Å². The fourth-order valence-electron chi connectivity index (χ4n) is 2.65. The Morgan fingerprint density at radius 3 is 2.63 bits per heavy atom. The number of hydrogen-bond donors (Lipinski definition) is 1. The lowest BCUT2D eigenvalue weighted by atomic mass is 10.0. The summed E-state index contributed by atoms with van der Waals surface area (Å²) in [6.07, 6.45) is 1.73. The van der Waals surface area contributed by atoms with Crippen LogP contribution in [0.3, 0.4) is 0 Å². The van der Waals surface area contributed by atoms with Crippen molar-refractivity contribution in [3.05, 3.63) is 81.0 Å². The monoisotopic (exact) mass is 400 g/mol. The van der Waals surface area contributed by atoms with Crippen LogP contribution in [0.4, 0.5) is 0 Å². The van der Waals surface area contributed by atoms with E-state index in [1.54, 1.807) is 24.3 Å². The molecule has 0 aliphatic carbocycles. The lowest BCUT2D eigenvalue weighted by Crippen LogP contribution is -2.20. The average Bonchev–Trinajstić information content (AvgIpc) is 3.09. The molecule has 0 saturated heterocycles. The highest BCUT2D eigenvalue weighted by molar-refractivity contribution is 6.42. The Morgan fingerprint density at radius 2 is 1.89 bits per heavy atom. The Hall–Kier alpha value is -2.56. The van der Waals surface area contributed by atoms with Crippen LogP contribution < -0.4 is 5.43 Å². The van der Waals surface area contributed by atoms with Gasteiger partial charge in [-0.3, -0.25) is 4.79 Å². The molecule has 0 radical (unpaired) electrons. The molecule has 0 saturated carbocycles. The molecule has 1 N–H and O–H groups in total. The smallest absolute Gasteiger partial charge is 0.244 e. The third-order valence-corrected chi connectivity index (χ3v) is 4.80. The lowest BCUT2D eigenvalue weighted by Gasteiger charge is -2.05. The molecule has 0 fully saturated rings. The Bertz CT molecular complexity index is 1010. The van der Waals surface area contributed by atoms with Crippen molar-refractivity contribution in [2.75, 3.05) is 0 Å². The van der Waals surface area contributed by atoms with E-state index in [1.165, 1.54) is 11.8 Å². The van der Waals surface area contributed by atoms with Gasteiger partial charge in [-0.25, -0.2) is 5.43 Å². The minimum Gasteiger partial charge on any atom is -0.455 e. The molecule has 3 rings (SSSR count). The second kappa shape index (κ2) is 8.42. The fourth-order valence-corrected chi connectivity index (χ4v) is 2.95. The minimum atomic E-state index is -0.186. The predicted octanol–water partition coefficient (Wildman–Crippen LogP) is 5.56. The zero-order valence-corrected chi connectivity index (χ0v) is 16.4. The molecule has 0 atom stereocenters. The van der Waals surface area contributed by atoms with Crippen LogP contribution in [-0.2, 0) is 11.2 Å². The average molecular weight is 401 g/mol. The van der Waals surface area contributed by atoms with Crippen LogP contribution in [0.2, 0.25) is 10.0 Å². The number of carbonyl (C=O) groups excluding carboxylic acids is 1. The summed E-state index contributed by atoms with van der Waals surface area (Å²) in [6.45, 7) is 4.02. The number of halogens is 2. The van der Waals surface area contributed by atoms with Gasteiger partial charge in [-0.15, -0.1) is 0 Å². The van der Waals surface area contributed by atoms with Gasteiger partial charge in [0.25, 0.3) is 0 Å². The van der Waals surface area contributed by atoms with Crippen LogP contribution in [0, 0.1) is 13.8 Å². The van der Waals surface area contributed by atoms with Crippen molar-refractivity contribution in [2.24, 2.45) is 5.10 Å². The molecule has 1 aromatic heterocycles. The Labute approximate surface area is 167 Å². The predicted molar refractivity (Wildman–Crippen MR) is 110 cm³/mol. The van der Waals surface area contributed by atoms with Crippen LogP contribution in [0.1, 0.15) is 22.5 Å². The zero-order chi connectivity index (χ0) is 19.4. The van der Waals surface area contributed by atoms with Crippen molar-refractivity contribution in [1.29, 1.82) is 0 Å². The second-order valence-electron chi connectivity index (χ2n) is 6.23. The van der Waals surface area contributed by atoms with E-state index in [4.69, 9.17) is 27.6 Å². The standard InChI is InChI=1S/C21H18Cl2N2O2/c1-13-3-4-15(14(2)9-13)11-21(26)25-24-12-17-6-8-20(27-17)16-5-7-18(22)19(23)10-16/h3-10,12H,11H2,1-2H3,(H,25,26)/b24-12-. The van der Waals surface area contributed by atoms with Crippen molar-refractivity contribution in [1.82, 2.24) is 5.43 Å². The van der Waals surface area contributed by atoms with Gasteiger partial charge < -0.3 is 4.42 Å². The van der Waals surface area contributed by atoms with Crippen LogP contribution in [0.15, 0.2) is 58.0 Å². The number of hydrogen-bond acceptors (Lipinski definition) is 3. The van der Waals surface area contributed by atoms with E-state index in [0.717, 1.165) is 16.7 Å². The number of amides is 1. The Kier molecular flexibility index (Phi) is 5.99. The van der Waals surface area contributed by atoms with Crippen LogP contribution in [0.5, 0.6) is 0 Å². The van der Waals surface area contributed by atoms with E-state index in [-0.39, 0.29) is 12.3 Å². The molecule has 138 valence electrons. The number of rotatable bonds is 5. The maximum Gasteiger partial charge on any atom is 0.244 e. The molecule has 4 nitrogen and oxygen atoms in total. The van der Waals surface area contributed by atoms with Gasteiger partial charge in [0.2, 0.25) is 5.91 Å². The molecule has 2 aromatic carbocycles. The zero-order valence-electron chi connectivity index (χ0n) is 14.9. The molecule has 3 aromatic rings. The third kappa shape index (κ3) is 5.00. The van der Waals surface area contributed by atoms with Gasteiger partial charge in [-0.2, -0.15) is 5.10 Å². The Morgan fingerprint density at radius 1 is 1.07 bits per heavy atom. The fraction of sp³-hybridized carbons (Fsp3) is 0.143. The molecule has 0 unspecified atom stereocenters. The molecular formula is C21H18Cl2N2O2. The summed E-state index contributed by atoms with van der Waals surface area (Å²) < 4.78 is 5.69. The number of furan rings is 1. The first-order chi connectivity index (χ1) is 12.9. The first-order valence-corrected chi connectivity index (χ1v) is 9.11. The molecular weight excluding hydrogens is 383 g/mol. The quantitative estimate of drug-likeness (QED) is 0.449. The van der Waals surface area contributed by atoms with Crippen LogP contribution >= 0.6 is 23.2 Å². The molecule has 27 heavy (non-hydrogen) atoms. The van der Waals surface area contributed by atoms with E-state index in [9.17, 15) is 4.79 Å². The van der Waals surface area contributed by atoms with E-state index < -0.39 is 0 Å². The topological polar surface area (TPSA) is 54.6 Å².